The third-order valence-corrected chi connectivity index (χ3v) is 7.00. The highest BCUT2D eigenvalue weighted by Crippen LogP contribution is 2.33. The number of nitrogens with zero attached hydrogens (tertiary/aromatic N) is 3. The monoisotopic (exact) mass is 398 g/mol. The summed E-state index contributed by atoms with van der Waals surface area (Å²) in [5.74, 6) is 0.550. The minimum Gasteiger partial charge on any atom is -0.369 e. The molecule has 2 aromatic heterocycles. The van der Waals surface area contributed by atoms with Crippen LogP contribution < -0.4 is 10.5 Å². The zero-order chi connectivity index (χ0) is 19.1. The van der Waals surface area contributed by atoms with E-state index in [1.54, 1.807) is 11.3 Å². The van der Waals surface area contributed by atoms with Crippen LogP contribution in [0.5, 0.6) is 0 Å². The van der Waals surface area contributed by atoms with Gasteiger partial charge in [0, 0.05) is 36.7 Å². The summed E-state index contributed by atoms with van der Waals surface area (Å²) < 4.78 is 13.1. The van der Waals surface area contributed by atoms with E-state index >= 15 is 0 Å². The van der Waals surface area contributed by atoms with Gasteiger partial charge < -0.3 is 9.88 Å². The van der Waals surface area contributed by atoms with Crippen LogP contribution in [0.3, 0.4) is 0 Å². The number of aromatic nitrogens is 2. The molecule has 2 aliphatic rings. The normalized spacial score (nSPS) is 17.8. The molecule has 3 heterocycles. The average molecular weight is 399 g/mol. The molecular weight excluding hydrogens is 375 g/mol. The lowest BCUT2D eigenvalue weighted by Gasteiger charge is -2.35. The van der Waals surface area contributed by atoms with Gasteiger partial charge in [0.2, 0.25) is 0 Å². The first-order chi connectivity index (χ1) is 13.7. The molecule has 5 nitrogen and oxygen atoms in total. The second kappa shape index (κ2) is 7.29. The number of nitrogens with one attached hydrogen (secondary N) is 1. The highest BCUT2D eigenvalue weighted by atomic mass is 32.1. The van der Waals surface area contributed by atoms with E-state index < -0.39 is 0 Å². The number of rotatable bonds is 3. The molecule has 1 saturated heterocycles. The van der Waals surface area contributed by atoms with Gasteiger partial charge in [-0.15, -0.1) is 11.3 Å². The molecule has 0 spiro atoms. The first kappa shape index (κ1) is 17.8. The number of hydrogen-bond acceptors (Lipinski definition) is 5. The van der Waals surface area contributed by atoms with E-state index in [0.717, 1.165) is 60.7 Å². The van der Waals surface area contributed by atoms with Gasteiger partial charge in [-0.3, -0.25) is 9.69 Å². The molecule has 3 aromatic rings. The van der Waals surface area contributed by atoms with Crippen LogP contribution in [0.15, 0.2) is 29.1 Å². The predicted molar refractivity (Wildman–Crippen MR) is 111 cm³/mol. The van der Waals surface area contributed by atoms with Crippen molar-refractivity contribution in [1.29, 1.82) is 0 Å². The molecule has 1 aliphatic heterocycles. The average Bonchev–Trinajstić information content (AvgIpc) is 3.08. The van der Waals surface area contributed by atoms with Crippen LogP contribution in [-0.4, -0.2) is 41.0 Å². The highest BCUT2D eigenvalue weighted by molar-refractivity contribution is 7.18. The van der Waals surface area contributed by atoms with Crippen LogP contribution in [-0.2, 0) is 19.4 Å². The fourth-order valence-electron chi connectivity index (χ4n) is 4.31. The van der Waals surface area contributed by atoms with E-state index in [1.165, 1.54) is 35.4 Å². The van der Waals surface area contributed by atoms with Gasteiger partial charge in [-0.2, -0.15) is 0 Å². The number of anilines is 1. The fourth-order valence-corrected chi connectivity index (χ4v) is 5.59. The molecule has 0 atom stereocenters. The largest absolute Gasteiger partial charge is 0.369 e. The standard InChI is InChI=1S/C21H23FN4OS/c22-14-5-7-15(8-6-14)26-11-9-25(10-12-26)13-18-23-20(27)19-16-3-1-2-4-17(16)28-21(19)24-18/h5-8H,1-4,9-13H2,(H,23,24,27). The number of aryl methyl sites for hydroxylation is 2. The van der Waals surface area contributed by atoms with Gasteiger partial charge in [0.1, 0.15) is 16.5 Å². The highest BCUT2D eigenvalue weighted by Gasteiger charge is 2.22. The molecule has 5 rings (SSSR count). The molecule has 1 aliphatic carbocycles. The Morgan fingerprint density at radius 3 is 2.61 bits per heavy atom. The van der Waals surface area contributed by atoms with Crippen LogP contribution >= 0.6 is 11.3 Å². The molecular formula is C21H23FN4OS. The Morgan fingerprint density at radius 1 is 1.07 bits per heavy atom. The maximum Gasteiger partial charge on any atom is 0.259 e. The van der Waals surface area contributed by atoms with Gasteiger partial charge in [0.15, 0.2) is 0 Å². The maximum absolute atomic E-state index is 13.1. The molecule has 146 valence electrons. The third-order valence-electron chi connectivity index (χ3n) is 5.81. The summed E-state index contributed by atoms with van der Waals surface area (Å²) >= 11 is 1.70. The van der Waals surface area contributed by atoms with Crippen LogP contribution in [0, 0.1) is 5.82 Å². The third kappa shape index (κ3) is 3.33. The second-order valence-electron chi connectivity index (χ2n) is 7.64. The summed E-state index contributed by atoms with van der Waals surface area (Å²) in [6, 6.07) is 6.67. The first-order valence-corrected chi connectivity index (χ1v) is 10.8. The molecule has 1 fully saturated rings. The number of halogens is 1. The Hall–Kier alpha value is -2.25. The fraction of sp³-hybridized carbons (Fsp3) is 0.429. The number of H-pyrrole nitrogens is 1. The smallest absolute Gasteiger partial charge is 0.259 e. The molecule has 7 heteroatoms. The van der Waals surface area contributed by atoms with E-state index in [0.29, 0.717) is 6.54 Å². The Bertz CT molecular complexity index is 1050. The number of fused-ring (bicyclic) bond motifs is 3. The summed E-state index contributed by atoms with van der Waals surface area (Å²) in [4.78, 5) is 27.3. The van der Waals surface area contributed by atoms with Gasteiger partial charge >= 0.3 is 0 Å². The summed E-state index contributed by atoms with van der Waals surface area (Å²) in [6.45, 7) is 4.20. The van der Waals surface area contributed by atoms with Crippen molar-refractivity contribution in [3.8, 4) is 0 Å². The number of benzene rings is 1. The van der Waals surface area contributed by atoms with Crippen molar-refractivity contribution in [2.24, 2.45) is 0 Å². The van der Waals surface area contributed by atoms with Crippen molar-refractivity contribution in [2.75, 3.05) is 31.1 Å². The molecule has 0 amide bonds. The van der Waals surface area contributed by atoms with Crippen molar-refractivity contribution in [3.63, 3.8) is 0 Å². The first-order valence-electron chi connectivity index (χ1n) is 9.94. The van der Waals surface area contributed by atoms with Crippen molar-refractivity contribution >= 4 is 27.2 Å². The minimum atomic E-state index is -0.205. The van der Waals surface area contributed by atoms with E-state index in [9.17, 15) is 9.18 Å². The van der Waals surface area contributed by atoms with E-state index in [2.05, 4.69) is 14.8 Å². The van der Waals surface area contributed by atoms with Gasteiger partial charge in [-0.05, 0) is 55.5 Å². The minimum absolute atomic E-state index is 0.0179. The molecule has 28 heavy (non-hydrogen) atoms. The Kier molecular flexibility index (Phi) is 4.64. The Balaban J connectivity index is 1.30. The number of piperazine rings is 1. The second-order valence-corrected chi connectivity index (χ2v) is 8.73. The topological polar surface area (TPSA) is 52.2 Å². The zero-order valence-corrected chi connectivity index (χ0v) is 16.5. The summed E-state index contributed by atoms with van der Waals surface area (Å²) in [7, 11) is 0. The molecule has 0 bridgehead atoms. The van der Waals surface area contributed by atoms with Crippen molar-refractivity contribution in [2.45, 2.75) is 32.2 Å². The maximum atomic E-state index is 13.1. The molecule has 1 N–H and O–H groups in total. The van der Waals surface area contributed by atoms with Crippen molar-refractivity contribution < 1.29 is 4.39 Å². The lowest BCUT2D eigenvalue weighted by atomic mass is 9.97. The molecule has 0 saturated carbocycles. The van der Waals surface area contributed by atoms with E-state index in [1.807, 2.05) is 12.1 Å². The lowest BCUT2D eigenvalue weighted by Crippen LogP contribution is -2.46. The lowest BCUT2D eigenvalue weighted by molar-refractivity contribution is 0.244. The van der Waals surface area contributed by atoms with Crippen LogP contribution in [0.4, 0.5) is 10.1 Å². The SMILES string of the molecule is O=c1[nH]c(CN2CCN(c3ccc(F)cc3)CC2)nc2sc3c(c12)CCCC3. The number of thiophene rings is 1. The van der Waals surface area contributed by atoms with E-state index in [4.69, 9.17) is 4.98 Å². The molecule has 1 aromatic carbocycles. The number of aromatic amines is 1. The molecule has 0 unspecified atom stereocenters. The quantitative estimate of drug-likeness (QED) is 0.735. The van der Waals surface area contributed by atoms with Crippen LogP contribution in [0.2, 0.25) is 0 Å². The predicted octanol–water partition coefficient (Wildman–Crippen LogP) is 3.32. The number of hydrogen-bond donors (Lipinski definition) is 1. The van der Waals surface area contributed by atoms with Crippen LogP contribution in [0.25, 0.3) is 10.2 Å². The van der Waals surface area contributed by atoms with Gasteiger partial charge in [0.05, 0.1) is 11.9 Å². The van der Waals surface area contributed by atoms with Crippen molar-refractivity contribution in [1.82, 2.24) is 14.9 Å². The summed E-state index contributed by atoms with van der Waals surface area (Å²) in [6.07, 6.45) is 4.46. The summed E-state index contributed by atoms with van der Waals surface area (Å²) in [5, 5.41) is 0.824. The van der Waals surface area contributed by atoms with Gasteiger partial charge in [-0.25, -0.2) is 9.37 Å². The molecule has 0 radical (unpaired) electrons. The zero-order valence-electron chi connectivity index (χ0n) is 15.7. The van der Waals surface area contributed by atoms with E-state index in [-0.39, 0.29) is 11.4 Å². The van der Waals surface area contributed by atoms with Crippen molar-refractivity contribution in [3.05, 3.63) is 56.7 Å². The van der Waals surface area contributed by atoms with Crippen LogP contribution in [0.1, 0.15) is 29.1 Å². The Morgan fingerprint density at radius 2 is 1.82 bits per heavy atom. The summed E-state index contributed by atoms with van der Waals surface area (Å²) in [5.41, 5.74) is 2.31. The Labute approximate surface area is 166 Å². The van der Waals surface area contributed by atoms with Gasteiger partial charge in [0.25, 0.3) is 5.56 Å². The van der Waals surface area contributed by atoms with Gasteiger partial charge in [-0.1, -0.05) is 0 Å².